The van der Waals surface area contributed by atoms with Crippen molar-refractivity contribution >= 4 is 17.8 Å². The number of nitrogens with one attached hydrogen (secondary N) is 2. The molecule has 4 N–H and O–H groups in total. The topological polar surface area (TPSA) is 115 Å². The average Bonchev–Trinajstić information content (AvgIpc) is 3.28. The van der Waals surface area contributed by atoms with E-state index in [1.807, 2.05) is 11.6 Å². The number of nitrogens with two attached hydrogens (primary N) is 1. The van der Waals surface area contributed by atoms with Gasteiger partial charge in [-0.15, -0.1) is 0 Å². The summed E-state index contributed by atoms with van der Waals surface area (Å²) in [4.78, 5) is 33.3. The Morgan fingerprint density at radius 1 is 1.12 bits per heavy atom. The molecule has 41 heavy (non-hydrogen) atoms. The summed E-state index contributed by atoms with van der Waals surface area (Å²) in [6.45, 7) is 0.672. The number of aromatic nitrogens is 3. The van der Waals surface area contributed by atoms with Crippen molar-refractivity contribution in [3.05, 3.63) is 99.9 Å². The van der Waals surface area contributed by atoms with Crippen molar-refractivity contribution in [3.63, 3.8) is 0 Å². The molecular formula is C30H25F3N6O2. The molecule has 1 aliphatic heterocycles. The number of carbonyl (C=O) groups is 2. The molecule has 1 aliphatic rings. The molecule has 0 saturated heterocycles. The molecule has 4 aromatic rings. The summed E-state index contributed by atoms with van der Waals surface area (Å²) in [5.41, 5.74) is 10.3. The Morgan fingerprint density at radius 2 is 1.90 bits per heavy atom. The van der Waals surface area contributed by atoms with E-state index in [0.29, 0.717) is 46.6 Å². The van der Waals surface area contributed by atoms with Crippen LogP contribution in [0.2, 0.25) is 0 Å². The van der Waals surface area contributed by atoms with Gasteiger partial charge >= 0.3 is 6.18 Å². The number of halogens is 3. The highest BCUT2D eigenvalue weighted by atomic mass is 19.4. The summed E-state index contributed by atoms with van der Waals surface area (Å²) in [6.07, 6.45) is -2.10. The number of amides is 2. The normalized spacial score (nSPS) is 12.6. The van der Waals surface area contributed by atoms with E-state index in [2.05, 4.69) is 32.4 Å². The van der Waals surface area contributed by atoms with E-state index in [-0.39, 0.29) is 30.7 Å². The number of nitrogen functional groups attached to an aromatic ring is 1. The predicted octanol–water partition coefficient (Wildman–Crippen LogP) is 3.63. The summed E-state index contributed by atoms with van der Waals surface area (Å²) in [7, 11) is 1.87. The van der Waals surface area contributed by atoms with Crippen molar-refractivity contribution in [3.8, 4) is 23.2 Å². The van der Waals surface area contributed by atoms with E-state index in [0.717, 1.165) is 23.4 Å². The van der Waals surface area contributed by atoms with E-state index in [9.17, 15) is 22.8 Å². The first-order chi connectivity index (χ1) is 19.6. The van der Waals surface area contributed by atoms with E-state index in [4.69, 9.17) is 5.73 Å². The molecule has 3 heterocycles. The molecule has 2 aromatic carbocycles. The van der Waals surface area contributed by atoms with Gasteiger partial charge in [-0.05, 0) is 41.5 Å². The van der Waals surface area contributed by atoms with Crippen molar-refractivity contribution in [2.24, 2.45) is 7.05 Å². The van der Waals surface area contributed by atoms with Crippen LogP contribution in [0.25, 0.3) is 11.4 Å². The van der Waals surface area contributed by atoms with Gasteiger partial charge in [0.15, 0.2) is 0 Å². The Kier molecular flexibility index (Phi) is 7.48. The van der Waals surface area contributed by atoms with Gasteiger partial charge in [-0.25, -0.2) is 9.97 Å². The summed E-state index contributed by atoms with van der Waals surface area (Å²) in [5.74, 6) is 5.85. The summed E-state index contributed by atoms with van der Waals surface area (Å²) < 4.78 is 40.1. The zero-order valence-electron chi connectivity index (χ0n) is 22.0. The average molecular weight is 559 g/mol. The minimum absolute atomic E-state index is 0.0728. The molecule has 208 valence electrons. The van der Waals surface area contributed by atoms with Crippen molar-refractivity contribution in [1.82, 2.24) is 25.2 Å². The van der Waals surface area contributed by atoms with Gasteiger partial charge in [0.1, 0.15) is 5.69 Å². The molecule has 0 unspecified atom stereocenters. The highest BCUT2D eigenvalue weighted by molar-refractivity contribution is 5.98. The molecule has 0 saturated carbocycles. The van der Waals surface area contributed by atoms with Gasteiger partial charge in [-0.3, -0.25) is 9.59 Å². The molecule has 0 bridgehead atoms. The van der Waals surface area contributed by atoms with Crippen molar-refractivity contribution in [2.75, 3.05) is 12.3 Å². The minimum atomic E-state index is -4.41. The molecular weight excluding hydrogens is 533 g/mol. The largest absolute Gasteiger partial charge is 0.416 e. The fraction of sp³-hybridized carbons (Fsp3) is 0.200. The number of benzene rings is 2. The van der Waals surface area contributed by atoms with Gasteiger partial charge in [0.2, 0.25) is 11.9 Å². The van der Waals surface area contributed by atoms with Crippen molar-refractivity contribution in [2.45, 2.75) is 25.6 Å². The first-order valence-corrected chi connectivity index (χ1v) is 12.7. The second-order valence-electron chi connectivity index (χ2n) is 9.54. The zero-order valence-corrected chi connectivity index (χ0v) is 22.0. The van der Waals surface area contributed by atoms with E-state index in [1.165, 1.54) is 18.3 Å². The molecule has 5 rings (SSSR count). The van der Waals surface area contributed by atoms with E-state index < -0.39 is 11.7 Å². The monoisotopic (exact) mass is 558 g/mol. The molecule has 0 spiro atoms. The molecule has 11 heteroatoms. The van der Waals surface area contributed by atoms with Gasteiger partial charge in [0.05, 0.1) is 28.8 Å². The lowest BCUT2D eigenvalue weighted by Gasteiger charge is -2.14. The van der Waals surface area contributed by atoms with Gasteiger partial charge in [-0.1, -0.05) is 36.1 Å². The first kappa shape index (κ1) is 27.5. The van der Waals surface area contributed by atoms with Crippen LogP contribution in [-0.2, 0) is 37.4 Å². The number of carbonyl (C=O) groups excluding carboxylic acids is 2. The highest BCUT2D eigenvalue weighted by Crippen LogP contribution is 2.29. The van der Waals surface area contributed by atoms with E-state index >= 15 is 0 Å². The second-order valence-corrected chi connectivity index (χ2v) is 9.54. The number of fused-ring (bicyclic) bond motifs is 1. The molecule has 2 aromatic heterocycles. The van der Waals surface area contributed by atoms with Gasteiger partial charge in [0.25, 0.3) is 5.91 Å². The highest BCUT2D eigenvalue weighted by Gasteiger charge is 2.30. The minimum Gasteiger partial charge on any atom is -0.368 e. The number of rotatable bonds is 5. The zero-order chi connectivity index (χ0) is 29.1. The second kappa shape index (κ2) is 11.2. The van der Waals surface area contributed by atoms with Gasteiger partial charge in [-0.2, -0.15) is 13.2 Å². The maximum atomic E-state index is 12.7. The lowest BCUT2D eigenvalue weighted by molar-refractivity contribution is -0.137. The molecule has 0 fully saturated rings. The number of anilines is 1. The number of hydrogen-bond donors (Lipinski definition) is 3. The van der Waals surface area contributed by atoms with Gasteiger partial charge in [0, 0.05) is 44.0 Å². The summed E-state index contributed by atoms with van der Waals surface area (Å²) in [5, 5.41) is 5.57. The van der Waals surface area contributed by atoms with Crippen molar-refractivity contribution in [1.29, 1.82) is 0 Å². The van der Waals surface area contributed by atoms with Gasteiger partial charge < -0.3 is 20.9 Å². The van der Waals surface area contributed by atoms with Crippen LogP contribution in [0, 0.1) is 11.8 Å². The lowest BCUT2D eigenvalue weighted by Crippen LogP contribution is -2.31. The SMILES string of the molecule is Cn1c(-c2nc(N)ncc2C#Cc2cccc(CC(=O)NCc3ccc(C(F)(F)F)cc3)c2)cc2c1CCNC2=O. The molecule has 8 nitrogen and oxygen atoms in total. The van der Waals surface area contributed by atoms with Crippen LogP contribution in [-0.4, -0.2) is 32.9 Å². The Bertz CT molecular complexity index is 1700. The van der Waals surface area contributed by atoms with E-state index in [1.54, 1.807) is 30.3 Å². The van der Waals surface area contributed by atoms with Crippen LogP contribution in [0.5, 0.6) is 0 Å². The fourth-order valence-corrected chi connectivity index (χ4v) is 4.60. The lowest BCUT2D eigenvalue weighted by atomic mass is 10.1. The molecule has 2 amide bonds. The maximum Gasteiger partial charge on any atom is 0.416 e. The Hall–Kier alpha value is -5.11. The molecule has 0 aliphatic carbocycles. The smallest absolute Gasteiger partial charge is 0.368 e. The Balaban J connectivity index is 1.30. The van der Waals surface area contributed by atoms with Crippen LogP contribution in [0.1, 0.15) is 43.9 Å². The van der Waals surface area contributed by atoms with Crippen LogP contribution >= 0.6 is 0 Å². The maximum absolute atomic E-state index is 12.7. The fourth-order valence-electron chi connectivity index (χ4n) is 4.60. The quantitative estimate of drug-likeness (QED) is 0.324. The third kappa shape index (κ3) is 6.22. The first-order valence-electron chi connectivity index (χ1n) is 12.7. The third-order valence-corrected chi connectivity index (χ3v) is 6.70. The van der Waals surface area contributed by atoms with Crippen LogP contribution < -0.4 is 16.4 Å². The van der Waals surface area contributed by atoms with Crippen LogP contribution in [0.3, 0.4) is 0 Å². The van der Waals surface area contributed by atoms with Crippen LogP contribution in [0.15, 0.2) is 60.8 Å². The Labute approximate surface area is 233 Å². The third-order valence-electron chi connectivity index (χ3n) is 6.70. The summed E-state index contributed by atoms with van der Waals surface area (Å²) >= 11 is 0. The molecule has 0 atom stereocenters. The number of nitrogens with zero attached hydrogens (tertiary/aromatic N) is 3. The standard InChI is InChI=1S/C30H25F3N6O2/c1-39-24-11-12-35-28(41)23(24)15-25(39)27-21(17-37-29(34)38-27)8-5-18-3-2-4-20(13-18)14-26(40)36-16-19-6-9-22(10-7-19)30(31,32)33/h2-4,6-7,9-10,13,15,17H,11-12,14,16H2,1H3,(H,35,41)(H,36,40)(H2,34,37,38). The Morgan fingerprint density at radius 3 is 2.63 bits per heavy atom. The number of hydrogen-bond acceptors (Lipinski definition) is 5. The van der Waals surface area contributed by atoms with Crippen LogP contribution in [0.4, 0.5) is 19.1 Å². The van der Waals surface area contributed by atoms with Crippen molar-refractivity contribution < 1.29 is 22.8 Å². The molecule has 0 radical (unpaired) electrons. The predicted molar refractivity (Wildman–Crippen MR) is 146 cm³/mol. The summed E-state index contributed by atoms with van der Waals surface area (Å²) in [6, 6.07) is 13.6. The number of alkyl halides is 3.